The van der Waals surface area contributed by atoms with E-state index in [0.717, 1.165) is 22.3 Å². The first kappa shape index (κ1) is 32.1. The van der Waals surface area contributed by atoms with Gasteiger partial charge in [-0.3, -0.25) is 4.79 Å². The zero-order valence-corrected chi connectivity index (χ0v) is 25.5. The number of benzene rings is 4. The number of esters is 1. The van der Waals surface area contributed by atoms with Gasteiger partial charge in [-0.2, -0.15) is 0 Å². The van der Waals surface area contributed by atoms with Crippen molar-refractivity contribution in [1.29, 1.82) is 0 Å². The fourth-order valence-corrected chi connectivity index (χ4v) is 5.11. The van der Waals surface area contributed by atoms with E-state index in [9.17, 15) is 4.79 Å². The molecule has 1 saturated heterocycles. The molecule has 0 aliphatic carbocycles. The molecule has 0 unspecified atom stereocenters. The Hall–Kier alpha value is -4.27. The SMILES string of the molecule is CC(=O)OC/C=C1\O[C@H](COCc2ccccc2)[C@H](OCc2ccccc2)[C@H](OCc2ccccc2)[C@H]1OCc1ccccc1. The molecule has 5 rings (SSSR count). The van der Waals surface area contributed by atoms with Crippen LogP contribution < -0.4 is 0 Å². The van der Waals surface area contributed by atoms with E-state index >= 15 is 0 Å². The Bertz CT molecular complexity index is 1440. The molecule has 0 N–H and O–H groups in total. The van der Waals surface area contributed by atoms with Crippen LogP contribution in [0.2, 0.25) is 0 Å². The van der Waals surface area contributed by atoms with Gasteiger partial charge in [0.25, 0.3) is 0 Å². The van der Waals surface area contributed by atoms with Crippen LogP contribution in [0.15, 0.2) is 133 Å². The van der Waals surface area contributed by atoms with Crippen LogP contribution in [0, 0.1) is 0 Å². The predicted molar refractivity (Wildman–Crippen MR) is 171 cm³/mol. The second-order valence-electron chi connectivity index (χ2n) is 10.8. The fourth-order valence-electron chi connectivity index (χ4n) is 5.11. The van der Waals surface area contributed by atoms with E-state index < -0.39 is 24.4 Å². The predicted octanol–water partition coefficient (Wildman–Crippen LogP) is 6.81. The van der Waals surface area contributed by atoms with Crippen molar-refractivity contribution < 1.29 is 33.2 Å². The molecule has 4 aromatic rings. The van der Waals surface area contributed by atoms with Gasteiger partial charge >= 0.3 is 5.97 Å². The molecule has 0 radical (unpaired) electrons. The van der Waals surface area contributed by atoms with Crippen LogP contribution in [-0.4, -0.2) is 43.6 Å². The molecular weight excluding hydrogens is 568 g/mol. The molecule has 0 saturated carbocycles. The van der Waals surface area contributed by atoms with Crippen molar-refractivity contribution >= 4 is 5.97 Å². The largest absolute Gasteiger partial charge is 0.487 e. The van der Waals surface area contributed by atoms with Crippen LogP contribution in [0.3, 0.4) is 0 Å². The first-order chi connectivity index (χ1) is 22.2. The van der Waals surface area contributed by atoms with Crippen LogP contribution in [0.1, 0.15) is 29.2 Å². The van der Waals surface area contributed by atoms with E-state index in [1.54, 1.807) is 6.08 Å². The molecule has 4 atom stereocenters. The van der Waals surface area contributed by atoms with Crippen molar-refractivity contribution in [2.75, 3.05) is 13.2 Å². The molecule has 0 spiro atoms. The molecule has 1 fully saturated rings. The number of carbonyl (C=O) groups excluding carboxylic acids is 1. The Morgan fingerprint density at radius 2 is 1.07 bits per heavy atom. The summed E-state index contributed by atoms with van der Waals surface area (Å²) in [6.07, 6.45) is -0.543. The second-order valence-corrected chi connectivity index (χ2v) is 10.8. The van der Waals surface area contributed by atoms with Crippen molar-refractivity contribution in [2.24, 2.45) is 0 Å². The summed E-state index contributed by atoms with van der Waals surface area (Å²) in [6.45, 7) is 3.10. The van der Waals surface area contributed by atoms with Crippen molar-refractivity contribution in [1.82, 2.24) is 0 Å². The van der Waals surface area contributed by atoms with Crippen LogP contribution >= 0.6 is 0 Å². The number of rotatable bonds is 15. The molecule has 0 aromatic heterocycles. The van der Waals surface area contributed by atoms with Gasteiger partial charge in [0.1, 0.15) is 30.7 Å². The summed E-state index contributed by atoms with van der Waals surface area (Å²) in [7, 11) is 0. The van der Waals surface area contributed by atoms with Crippen molar-refractivity contribution in [3.63, 3.8) is 0 Å². The smallest absolute Gasteiger partial charge is 0.302 e. The van der Waals surface area contributed by atoms with Gasteiger partial charge in [-0.1, -0.05) is 121 Å². The van der Waals surface area contributed by atoms with E-state index in [2.05, 4.69) is 0 Å². The van der Waals surface area contributed by atoms with Crippen LogP contribution in [0.4, 0.5) is 0 Å². The van der Waals surface area contributed by atoms with E-state index in [1.165, 1.54) is 6.92 Å². The standard InChI is InChI=1S/C38H40O7/c1-29(39)41-23-22-34-36(42-25-31-16-8-3-9-17-31)38(44-27-33-20-12-5-13-21-33)37(43-26-32-18-10-4-11-19-32)35(45-34)28-40-24-30-14-6-2-7-15-30/h2-22,35-38H,23-28H2,1H3/b34-22-/t35-,36+,37+,38-/m1/s1. The zero-order valence-electron chi connectivity index (χ0n) is 25.5. The average Bonchev–Trinajstić information content (AvgIpc) is 3.08. The lowest BCUT2D eigenvalue weighted by Gasteiger charge is -2.43. The fraction of sp³-hybridized carbons (Fsp3) is 0.289. The number of carbonyl (C=O) groups is 1. The number of hydrogen-bond donors (Lipinski definition) is 0. The lowest BCUT2D eigenvalue weighted by molar-refractivity contribution is -0.223. The highest BCUT2D eigenvalue weighted by Crippen LogP contribution is 2.33. The molecule has 7 heteroatoms. The Morgan fingerprint density at radius 1 is 0.622 bits per heavy atom. The summed E-state index contributed by atoms with van der Waals surface area (Å²) in [5.74, 6) is 0.131. The highest BCUT2D eigenvalue weighted by molar-refractivity contribution is 5.66. The maximum Gasteiger partial charge on any atom is 0.302 e. The van der Waals surface area contributed by atoms with Crippen molar-refractivity contribution in [2.45, 2.75) is 57.8 Å². The zero-order chi connectivity index (χ0) is 31.1. The van der Waals surface area contributed by atoms with Gasteiger partial charge in [0.15, 0.2) is 6.10 Å². The van der Waals surface area contributed by atoms with E-state index in [0.29, 0.717) is 32.2 Å². The molecule has 1 aliphatic heterocycles. The topological polar surface area (TPSA) is 72.5 Å². The molecule has 234 valence electrons. The summed E-state index contributed by atoms with van der Waals surface area (Å²) < 4.78 is 38.0. The maximum atomic E-state index is 11.6. The van der Waals surface area contributed by atoms with Crippen molar-refractivity contribution in [3.8, 4) is 0 Å². The molecule has 0 bridgehead atoms. The quantitative estimate of drug-likeness (QED) is 0.137. The number of hydrogen-bond acceptors (Lipinski definition) is 7. The van der Waals surface area contributed by atoms with Gasteiger partial charge in [-0.15, -0.1) is 0 Å². The first-order valence-electron chi connectivity index (χ1n) is 15.2. The highest BCUT2D eigenvalue weighted by Gasteiger charge is 2.46. The molecule has 45 heavy (non-hydrogen) atoms. The van der Waals surface area contributed by atoms with Crippen LogP contribution in [-0.2, 0) is 59.6 Å². The minimum Gasteiger partial charge on any atom is -0.487 e. The average molecular weight is 609 g/mol. The van der Waals surface area contributed by atoms with Gasteiger partial charge in [0, 0.05) is 6.92 Å². The number of ether oxygens (including phenoxy) is 6. The summed E-state index contributed by atoms with van der Waals surface area (Å²) in [4.78, 5) is 11.6. The molecule has 7 nitrogen and oxygen atoms in total. The Kier molecular flexibility index (Phi) is 12.3. The first-order valence-corrected chi connectivity index (χ1v) is 15.2. The molecule has 1 aliphatic rings. The Morgan fingerprint density at radius 3 is 1.56 bits per heavy atom. The minimum atomic E-state index is -0.643. The molecule has 1 heterocycles. The van der Waals surface area contributed by atoms with Crippen molar-refractivity contribution in [3.05, 3.63) is 155 Å². The third-order valence-electron chi connectivity index (χ3n) is 7.36. The Labute approximate surface area is 265 Å². The van der Waals surface area contributed by atoms with Gasteiger partial charge in [0.2, 0.25) is 0 Å². The van der Waals surface area contributed by atoms with Gasteiger partial charge in [-0.05, 0) is 28.3 Å². The summed E-state index contributed by atoms with van der Waals surface area (Å²) in [5.41, 5.74) is 4.12. The molecule has 4 aromatic carbocycles. The lowest BCUT2D eigenvalue weighted by Crippen LogP contribution is -2.56. The second kappa shape index (κ2) is 17.3. The van der Waals surface area contributed by atoms with E-state index in [4.69, 9.17) is 28.4 Å². The van der Waals surface area contributed by atoms with Gasteiger partial charge < -0.3 is 28.4 Å². The Balaban J connectivity index is 1.45. The monoisotopic (exact) mass is 608 g/mol. The van der Waals surface area contributed by atoms with Gasteiger partial charge in [0.05, 0.1) is 33.0 Å². The van der Waals surface area contributed by atoms with Gasteiger partial charge in [-0.25, -0.2) is 0 Å². The van der Waals surface area contributed by atoms with E-state index in [-0.39, 0.29) is 19.2 Å². The normalized spacial score (nSPS) is 20.4. The molecular formula is C38H40O7. The summed E-state index contributed by atoms with van der Waals surface area (Å²) in [5, 5.41) is 0. The third-order valence-corrected chi connectivity index (χ3v) is 7.36. The highest BCUT2D eigenvalue weighted by atomic mass is 16.6. The lowest BCUT2D eigenvalue weighted by atomic mass is 9.96. The minimum absolute atomic E-state index is 0.0361. The van der Waals surface area contributed by atoms with Crippen LogP contribution in [0.25, 0.3) is 0 Å². The third kappa shape index (κ3) is 10.1. The summed E-state index contributed by atoms with van der Waals surface area (Å²) >= 11 is 0. The van der Waals surface area contributed by atoms with E-state index in [1.807, 2.05) is 121 Å². The summed E-state index contributed by atoms with van der Waals surface area (Å²) in [6, 6.07) is 39.9. The van der Waals surface area contributed by atoms with Crippen LogP contribution in [0.5, 0.6) is 0 Å². The maximum absolute atomic E-state index is 11.6. The molecule has 0 amide bonds.